The van der Waals surface area contributed by atoms with Gasteiger partial charge in [0, 0.05) is 22.9 Å². The highest BCUT2D eigenvalue weighted by atomic mass is 127. The van der Waals surface area contributed by atoms with Crippen molar-refractivity contribution in [3.63, 3.8) is 0 Å². The molecule has 0 saturated heterocycles. The van der Waals surface area contributed by atoms with Crippen LogP contribution in [0.3, 0.4) is 0 Å². The lowest BCUT2D eigenvalue weighted by molar-refractivity contribution is -0.142. The van der Waals surface area contributed by atoms with E-state index in [-0.39, 0.29) is 17.8 Å². The van der Waals surface area contributed by atoms with Crippen molar-refractivity contribution in [3.8, 4) is 5.75 Å². The molecule has 0 aromatic heterocycles. The van der Waals surface area contributed by atoms with Gasteiger partial charge in [0.05, 0.1) is 7.11 Å². The number of phenolic OH excluding ortho intramolecular Hbond substituents is 1. The first kappa shape index (κ1) is 12.3. The largest absolute Gasteiger partial charge is 0.508 e. The Morgan fingerprint density at radius 3 is 2.60 bits per heavy atom. The summed E-state index contributed by atoms with van der Waals surface area (Å²) in [6.07, 6.45) is 0.538. The van der Waals surface area contributed by atoms with Gasteiger partial charge in [-0.25, -0.2) is 3.53 Å². The van der Waals surface area contributed by atoms with E-state index in [1.807, 2.05) is 22.9 Å². The third kappa shape index (κ3) is 3.67. The van der Waals surface area contributed by atoms with Crippen molar-refractivity contribution in [1.82, 2.24) is 3.53 Å². The van der Waals surface area contributed by atoms with Gasteiger partial charge in [-0.3, -0.25) is 4.79 Å². The van der Waals surface area contributed by atoms with Crippen LogP contribution < -0.4 is 3.53 Å². The molecule has 0 radical (unpaired) electrons. The second-order valence-corrected chi connectivity index (χ2v) is 3.68. The van der Waals surface area contributed by atoms with Gasteiger partial charge in [0.1, 0.15) is 11.8 Å². The molecule has 2 N–H and O–H groups in total. The minimum Gasteiger partial charge on any atom is -0.508 e. The molecule has 5 heteroatoms. The van der Waals surface area contributed by atoms with Gasteiger partial charge in [0.15, 0.2) is 0 Å². The summed E-state index contributed by atoms with van der Waals surface area (Å²) in [7, 11) is 1.36. The number of nitrogens with one attached hydrogen (secondary N) is 1. The molecule has 0 heterocycles. The maximum atomic E-state index is 11.3. The van der Waals surface area contributed by atoms with Crippen molar-refractivity contribution in [1.29, 1.82) is 0 Å². The minimum absolute atomic E-state index is 0.218. The molecule has 1 rings (SSSR count). The third-order valence-corrected chi connectivity index (χ3v) is 2.75. The van der Waals surface area contributed by atoms with E-state index in [0.29, 0.717) is 6.42 Å². The molecule has 0 saturated carbocycles. The molecular formula is C10H12INO3. The van der Waals surface area contributed by atoms with Crippen molar-refractivity contribution < 1.29 is 14.6 Å². The molecule has 1 aromatic rings. The molecule has 1 atom stereocenters. The molecule has 82 valence electrons. The molecule has 0 spiro atoms. The molecule has 0 aliphatic rings. The van der Waals surface area contributed by atoms with E-state index in [9.17, 15) is 4.79 Å². The zero-order valence-electron chi connectivity index (χ0n) is 8.24. The molecule has 0 bridgehead atoms. The first-order valence-electron chi connectivity index (χ1n) is 4.39. The average molecular weight is 321 g/mol. The van der Waals surface area contributed by atoms with Gasteiger partial charge in [-0.05, 0) is 24.1 Å². The number of halogens is 1. The summed E-state index contributed by atoms with van der Waals surface area (Å²) in [6, 6.07) is 6.38. The van der Waals surface area contributed by atoms with E-state index >= 15 is 0 Å². The first-order valence-corrected chi connectivity index (χ1v) is 5.47. The number of methoxy groups -OCH3 is 1. The van der Waals surface area contributed by atoms with Crippen molar-refractivity contribution >= 4 is 28.8 Å². The normalized spacial score (nSPS) is 12.1. The van der Waals surface area contributed by atoms with Gasteiger partial charge in [-0.1, -0.05) is 12.1 Å². The van der Waals surface area contributed by atoms with Crippen molar-refractivity contribution in [2.75, 3.05) is 7.11 Å². The van der Waals surface area contributed by atoms with Crippen LogP contribution in [0.25, 0.3) is 0 Å². The fraction of sp³-hybridized carbons (Fsp3) is 0.300. The van der Waals surface area contributed by atoms with E-state index in [0.717, 1.165) is 5.56 Å². The highest BCUT2D eigenvalue weighted by molar-refractivity contribution is 14.1. The highest BCUT2D eigenvalue weighted by Crippen LogP contribution is 2.12. The molecule has 15 heavy (non-hydrogen) atoms. The second-order valence-electron chi connectivity index (χ2n) is 3.06. The summed E-state index contributed by atoms with van der Waals surface area (Å²) in [5, 5.41) is 9.09. The number of carbonyl (C=O) groups is 1. The van der Waals surface area contributed by atoms with E-state index < -0.39 is 0 Å². The van der Waals surface area contributed by atoms with Crippen LogP contribution in [0.5, 0.6) is 5.75 Å². The number of ether oxygens (including phenoxy) is 1. The minimum atomic E-state index is -0.361. The summed E-state index contributed by atoms with van der Waals surface area (Å²) in [5.41, 5.74) is 0.965. The number of hydrogen-bond acceptors (Lipinski definition) is 4. The fourth-order valence-electron chi connectivity index (χ4n) is 1.18. The Morgan fingerprint density at radius 2 is 2.13 bits per heavy atom. The molecule has 0 amide bonds. The van der Waals surface area contributed by atoms with Crippen LogP contribution >= 0.6 is 22.9 Å². The number of phenols is 1. The predicted octanol–water partition coefficient (Wildman–Crippen LogP) is 1.42. The average Bonchev–Trinajstić information content (AvgIpc) is 2.27. The molecule has 1 unspecified atom stereocenters. The van der Waals surface area contributed by atoms with Crippen LogP contribution in [0.2, 0.25) is 0 Å². The van der Waals surface area contributed by atoms with Gasteiger partial charge < -0.3 is 9.84 Å². The maximum absolute atomic E-state index is 11.3. The Hall–Kier alpha value is -0.820. The van der Waals surface area contributed by atoms with Gasteiger partial charge >= 0.3 is 5.97 Å². The first-order chi connectivity index (χ1) is 7.17. The third-order valence-electron chi connectivity index (χ3n) is 1.99. The van der Waals surface area contributed by atoms with Crippen LogP contribution in [-0.4, -0.2) is 24.2 Å². The summed E-state index contributed by atoms with van der Waals surface area (Å²) in [4.78, 5) is 11.3. The molecule has 0 aliphatic carbocycles. The lowest BCUT2D eigenvalue weighted by Gasteiger charge is -2.12. The van der Waals surface area contributed by atoms with Crippen LogP contribution in [-0.2, 0) is 16.0 Å². The fourth-order valence-corrected chi connectivity index (χ4v) is 1.65. The Balaban J connectivity index is 2.66. The lowest BCUT2D eigenvalue weighted by Crippen LogP contribution is -2.33. The summed E-state index contributed by atoms with van der Waals surface area (Å²) in [5.74, 6) is -0.0757. The molecule has 0 aliphatic heterocycles. The van der Waals surface area contributed by atoms with Gasteiger partial charge in [0.2, 0.25) is 0 Å². The van der Waals surface area contributed by atoms with Gasteiger partial charge in [-0.15, -0.1) is 0 Å². The molecule has 1 aromatic carbocycles. The Bertz CT molecular complexity index is 326. The van der Waals surface area contributed by atoms with E-state index in [4.69, 9.17) is 5.11 Å². The van der Waals surface area contributed by atoms with Crippen molar-refractivity contribution in [2.24, 2.45) is 0 Å². The van der Waals surface area contributed by atoms with Gasteiger partial charge in [-0.2, -0.15) is 0 Å². The van der Waals surface area contributed by atoms with Crippen LogP contribution in [0.4, 0.5) is 0 Å². The summed E-state index contributed by atoms with van der Waals surface area (Å²) >= 11 is 1.92. The van der Waals surface area contributed by atoms with E-state index in [2.05, 4.69) is 8.27 Å². The predicted molar refractivity (Wildman–Crippen MR) is 64.8 cm³/mol. The SMILES string of the molecule is COC(=O)C(Cc1ccc(O)cc1)NI. The zero-order chi connectivity index (χ0) is 11.3. The monoisotopic (exact) mass is 321 g/mol. The molecule has 0 fully saturated rings. The van der Waals surface area contributed by atoms with Crippen LogP contribution in [0, 0.1) is 0 Å². The molecule has 4 nitrogen and oxygen atoms in total. The smallest absolute Gasteiger partial charge is 0.323 e. The summed E-state index contributed by atoms with van der Waals surface area (Å²) < 4.78 is 7.49. The van der Waals surface area contributed by atoms with E-state index in [1.165, 1.54) is 7.11 Å². The lowest BCUT2D eigenvalue weighted by atomic mass is 10.1. The van der Waals surface area contributed by atoms with Crippen LogP contribution in [0.15, 0.2) is 24.3 Å². The second kappa shape index (κ2) is 5.92. The summed E-state index contributed by atoms with van der Waals surface area (Å²) in [6.45, 7) is 0. The molecular weight excluding hydrogens is 309 g/mol. The number of rotatable bonds is 4. The Morgan fingerprint density at radius 1 is 1.53 bits per heavy atom. The van der Waals surface area contributed by atoms with E-state index in [1.54, 1.807) is 24.3 Å². The quantitative estimate of drug-likeness (QED) is 0.500. The number of aromatic hydroxyl groups is 1. The number of esters is 1. The standard InChI is InChI=1S/C10H12INO3/c1-15-10(14)9(12-11)6-7-2-4-8(13)5-3-7/h2-5,9,12-13H,6H2,1H3. The van der Waals surface area contributed by atoms with Gasteiger partial charge in [0.25, 0.3) is 0 Å². The topological polar surface area (TPSA) is 58.6 Å². The highest BCUT2D eigenvalue weighted by Gasteiger charge is 2.17. The number of benzene rings is 1. The number of hydrogen-bond donors (Lipinski definition) is 2. The van der Waals surface area contributed by atoms with Crippen molar-refractivity contribution in [2.45, 2.75) is 12.5 Å². The van der Waals surface area contributed by atoms with Crippen molar-refractivity contribution in [3.05, 3.63) is 29.8 Å². The Kier molecular flexibility index (Phi) is 4.83. The van der Waals surface area contributed by atoms with Crippen LogP contribution in [0.1, 0.15) is 5.56 Å². The zero-order valence-corrected chi connectivity index (χ0v) is 10.4. The number of carbonyl (C=O) groups excluding carboxylic acids is 1. The maximum Gasteiger partial charge on any atom is 0.323 e. The Labute approximate surface area is 102 Å².